The van der Waals surface area contributed by atoms with Crippen molar-refractivity contribution in [2.24, 2.45) is 7.05 Å². The van der Waals surface area contributed by atoms with E-state index in [2.05, 4.69) is 15.7 Å². The van der Waals surface area contributed by atoms with Gasteiger partial charge in [-0.15, -0.1) is 0 Å². The van der Waals surface area contributed by atoms with Crippen LogP contribution in [0.1, 0.15) is 18.9 Å². The molecule has 21 heavy (non-hydrogen) atoms. The molecule has 110 valence electrons. The van der Waals surface area contributed by atoms with Crippen LogP contribution in [0.4, 0.5) is 11.4 Å². The summed E-state index contributed by atoms with van der Waals surface area (Å²) in [7, 11) is 1.85. The molecule has 0 radical (unpaired) electrons. The predicted octanol–water partition coefficient (Wildman–Crippen LogP) is 1.95. The first-order chi connectivity index (χ1) is 10.0. The van der Waals surface area contributed by atoms with Crippen LogP contribution in [0, 0.1) is 0 Å². The lowest BCUT2D eigenvalue weighted by Gasteiger charge is -2.06. The minimum atomic E-state index is -0.122. The summed E-state index contributed by atoms with van der Waals surface area (Å²) < 4.78 is 1.72. The number of benzene rings is 1. The van der Waals surface area contributed by atoms with E-state index in [1.807, 2.05) is 13.2 Å². The third-order valence-corrected chi connectivity index (χ3v) is 2.89. The van der Waals surface area contributed by atoms with Crippen LogP contribution in [0.2, 0.25) is 0 Å². The molecule has 0 spiro atoms. The maximum absolute atomic E-state index is 11.8. The maximum Gasteiger partial charge on any atom is 0.224 e. The monoisotopic (exact) mass is 286 g/mol. The van der Waals surface area contributed by atoms with Gasteiger partial charge < -0.3 is 10.6 Å². The summed E-state index contributed by atoms with van der Waals surface area (Å²) in [5.41, 5.74) is 2.45. The third-order valence-electron chi connectivity index (χ3n) is 2.89. The van der Waals surface area contributed by atoms with E-state index in [1.54, 1.807) is 35.1 Å². The molecule has 0 aliphatic carbocycles. The Balaban J connectivity index is 1.83. The Kier molecular flexibility index (Phi) is 4.71. The number of nitrogens with zero attached hydrogens (tertiary/aromatic N) is 2. The zero-order chi connectivity index (χ0) is 15.2. The minimum absolute atomic E-state index is 0.0499. The van der Waals surface area contributed by atoms with Gasteiger partial charge >= 0.3 is 0 Å². The van der Waals surface area contributed by atoms with Crippen LogP contribution < -0.4 is 10.6 Å². The van der Waals surface area contributed by atoms with E-state index in [4.69, 9.17) is 0 Å². The molecule has 2 N–H and O–H groups in total. The molecule has 2 rings (SSSR count). The standard InChI is InChI=1S/C15H18N4O2/c1-11(20)17-13-4-6-14(7-5-13)18-15(21)8-3-12-9-16-19(2)10-12/h4-7,9-10H,3,8H2,1-2H3,(H,17,20)(H,18,21). The fourth-order valence-corrected chi connectivity index (χ4v) is 1.92. The molecule has 0 saturated carbocycles. The minimum Gasteiger partial charge on any atom is -0.326 e. The van der Waals surface area contributed by atoms with Crippen molar-refractivity contribution in [3.05, 3.63) is 42.2 Å². The summed E-state index contributed by atoms with van der Waals surface area (Å²) >= 11 is 0. The second-order valence-electron chi connectivity index (χ2n) is 4.83. The van der Waals surface area contributed by atoms with Crippen molar-refractivity contribution in [1.29, 1.82) is 0 Å². The van der Waals surface area contributed by atoms with Gasteiger partial charge in [0.1, 0.15) is 0 Å². The van der Waals surface area contributed by atoms with Crippen LogP contribution in [0.5, 0.6) is 0 Å². The normalized spacial score (nSPS) is 10.2. The molecule has 1 aromatic carbocycles. The Bertz CT molecular complexity index is 631. The van der Waals surface area contributed by atoms with Crippen molar-refractivity contribution in [1.82, 2.24) is 9.78 Å². The van der Waals surface area contributed by atoms with E-state index < -0.39 is 0 Å². The first-order valence-electron chi connectivity index (χ1n) is 6.68. The van der Waals surface area contributed by atoms with Crippen molar-refractivity contribution >= 4 is 23.2 Å². The molecule has 0 atom stereocenters. The largest absolute Gasteiger partial charge is 0.326 e. The van der Waals surface area contributed by atoms with E-state index in [1.165, 1.54) is 6.92 Å². The molecule has 2 amide bonds. The number of carbonyl (C=O) groups excluding carboxylic acids is 2. The van der Waals surface area contributed by atoms with Crippen molar-refractivity contribution in [2.45, 2.75) is 19.8 Å². The highest BCUT2D eigenvalue weighted by Crippen LogP contribution is 2.14. The number of nitrogens with one attached hydrogen (secondary N) is 2. The summed E-state index contributed by atoms with van der Waals surface area (Å²) in [6.07, 6.45) is 4.72. The van der Waals surface area contributed by atoms with E-state index >= 15 is 0 Å². The summed E-state index contributed by atoms with van der Waals surface area (Å²) in [6, 6.07) is 7.01. The van der Waals surface area contributed by atoms with Gasteiger partial charge in [0.2, 0.25) is 11.8 Å². The van der Waals surface area contributed by atoms with Gasteiger partial charge in [-0.05, 0) is 36.2 Å². The molecular weight excluding hydrogens is 268 g/mol. The Morgan fingerprint density at radius 1 is 1.14 bits per heavy atom. The number of rotatable bonds is 5. The van der Waals surface area contributed by atoms with Crippen LogP contribution in [0.3, 0.4) is 0 Å². The van der Waals surface area contributed by atoms with Crippen LogP contribution in [0.15, 0.2) is 36.7 Å². The molecule has 6 heteroatoms. The van der Waals surface area contributed by atoms with Gasteiger partial charge in [0.15, 0.2) is 0 Å². The number of amides is 2. The molecule has 1 heterocycles. The number of hydrogen-bond donors (Lipinski definition) is 2. The van der Waals surface area contributed by atoms with E-state index in [0.29, 0.717) is 24.2 Å². The third kappa shape index (κ3) is 4.76. The Hall–Kier alpha value is -2.63. The van der Waals surface area contributed by atoms with Gasteiger partial charge in [-0.1, -0.05) is 0 Å². The first kappa shape index (κ1) is 14.8. The summed E-state index contributed by atoms with van der Waals surface area (Å²) in [5.74, 6) is -0.172. The Morgan fingerprint density at radius 3 is 2.29 bits per heavy atom. The number of aryl methyl sites for hydroxylation is 2. The molecule has 1 aromatic heterocycles. The highest BCUT2D eigenvalue weighted by molar-refractivity contribution is 5.92. The second-order valence-corrected chi connectivity index (χ2v) is 4.83. The SMILES string of the molecule is CC(=O)Nc1ccc(NC(=O)CCc2cnn(C)c2)cc1. The van der Waals surface area contributed by atoms with Crippen LogP contribution in [0.25, 0.3) is 0 Å². The van der Waals surface area contributed by atoms with Gasteiger partial charge in [-0.3, -0.25) is 14.3 Å². The number of carbonyl (C=O) groups is 2. The quantitative estimate of drug-likeness (QED) is 0.882. The van der Waals surface area contributed by atoms with Gasteiger partial charge in [-0.2, -0.15) is 5.10 Å². The lowest BCUT2D eigenvalue weighted by atomic mass is 10.2. The fraction of sp³-hybridized carbons (Fsp3) is 0.267. The van der Waals surface area contributed by atoms with E-state index in [-0.39, 0.29) is 11.8 Å². The molecule has 0 aliphatic rings. The van der Waals surface area contributed by atoms with Crippen molar-refractivity contribution < 1.29 is 9.59 Å². The van der Waals surface area contributed by atoms with Crippen LogP contribution in [-0.2, 0) is 23.1 Å². The summed E-state index contributed by atoms with van der Waals surface area (Å²) in [5, 5.41) is 9.56. The van der Waals surface area contributed by atoms with E-state index in [9.17, 15) is 9.59 Å². The van der Waals surface area contributed by atoms with Gasteiger partial charge in [0, 0.05) is 38.0 Å². The molecule has 0 unspecified atom stereocenters. The zero-order valence-electron chi connectivity index (χ0n) is 12.1. The summed E-state index contributed by atoms with van der Waals surface area (Å²) in [4.78, 5) is 22.8. The average molecular weight is 286 g/mol. The van der Waals surface area contributed by atoms with E-state index in [0.717, 1.165) is 5.56 Å². The molecule has 6 nitrogen and oxygen atoms in total. The number of aromatic nitrogens is 2. The second kappa shape index (κ2) is 6.69. The molecule has 0 saturated heterocycles. The van der Waals surface area contributed by atoms with Gasteiger partial charge in [-0.25, -0.2) is 0 Å². The van der Waals surface area contributed by atoms with Crippen molar-refractivity contribution in [3.8, 4) is 0 Å². The van der Waals surface area contributed by atoms with Gasteiger partial charge in [0.05, 0.1) is 6.20 Å². The first-order valence-corrected chi connectivity index (χ1v) is 6.68. The Labute approximate surface area is 123 Å². The topological polar surface area (TPSA) is 76.0 Å². The molecule has 0 bridgehead atoms. The lowest BCUT2D eigenvalue weighted by Crippen LogP contribution is -2.12. The zero-order valence-corrected chi connectivity index (χ0v) is 12.1. The van der Waals surface area contributed by atoms with Crippen molar-refractivity contribution in [3.63, 3.8) is 0 Å². The molecule has 0 aliphatic heterocycles. The highest BCUT2D eigenvalue weighted by atomic mass is 16.2. The van der Waals surface area contributed by atoms with Crippen molar-refractivity contribution in [2.75, 3.05) is 10.6 Å². The fourth-order valence-electron chi connectivity index (χ4n) is 1.92. The average Bonchev–Trinajstić information content (AvgIpc) is 2.84. The molecule has 0 fully saturated rings. The van der Waals surface area contributed by atoms with Crippen LogP contribution >= 0.6 is 0 Å². The maximum atomic E-state index is 11.8. The molecular formula is C15H18N4O2. The smallest absolute Gasteiger partial charge is 0.224 e. The van der Waals surface area contributed by atoms with Gasteiger partial charge in [0.25, 0.3) is 0 Å². The predicted molar refractivity (Wildman–Crippen MR) is 80.9 cm³/mol. The number of hydrogen-bond acceptors (Lipinski definition) is 3. The Morgan fingerprint density at radius 2 is 1.76 bits per heavy atom. The highest BCUT2D eigenvalue weighted by Gasteiger charge is 2.05. The molecule has 2 aromatic rings. The lowest BCUT2D eigenvalue weighted by molar-refractivity contribution is -0.116. The van der Waals surface area contributed by atoms with Crippen LogP contribution in [-0.4, -0.2) is 21.6 Å². The summed E-state index contributed by atoms with van der Waals surface area (Å²) in [6.45, 7) is 1.45. The number of anilines is 2.